The SMILES string of the molecule is COC1CN(S(=O)(=O)c2ccc3c(c2)OCO3)C1. The normalized spacial score (nSPS) is 19.8. The minimum atomic E-state index is -3.45. The maximum Gasteiger partial charge on any atom is 0.243 e. The topological polar surface area (TPSA) is 65.1 Å². The van der Waals surface area contributed by atoms with E-state index in [0.717, 1.165) is 0 Å². The molecule has 0 unspecified atom stereocenters. The molecule has 0 amide bonds. The van der Waals surface area contributed by atoms with Gasteiger partial charge in [-0.25, -0.2) is 8.42 Å². The molecule has 6 nitrogen and oxygen atoms in total. The standard InChI is InChI=1S/C11H13NO5S/c1-15-8-5-12(6-8)18(13,14)9-2-3-10-11(4-9)17-7-16-10/h2-4,8H,5-7H2,1H3. The first-order chi connectivity index (χ1) is 8.61. The molecular weight excluding hydrogens is 258 g/mol. The van der Waals surface area contributed by atoms with Gasteiger partial charge in [-0.2, -0.15) is 4.31 Å². The van der Waals surface area contributed by atoms with Gasteiger partial charge < -0.3 is 14.2 Å². The highest BCUT2D eigenvalue weighted by molar-refractivity contribution is 7.89. The molecule has 0 radical (unpaired) electrons. The number of benzene rings is 1. The lowest BCUT2D eigenvalue weighted by molar-refractivity contribution is 0.0125. The van der Waals surface area contributed by atoms with Gasteiger partial charge in [-0.15, -0.1) is 0 Å². The van der Waals surface area contributed by atoms with Crippen LogP contribution in [0.4, 0.5) is 0 Å². The zero-order chi connectivity index (χ0) is 12.8. The summed E-state index contributed by atoms with van der Waals surface area (Å²) in [4.78, 5) is 0.223. The molecule has 18 heavy (non-hydrogen) atoms. The van der Waals surface area contributed by atoms with Crippen molar-refractivity contribution in [2.24, 2.45) is 0 Å². The van der Waals surface area contributed by atoms with E-state index in [1.165, 1.54) is 16.4 Å². The van der Waals surface area contributed by atoms with E-state index < -0.39 is 10.0 Å². The summed E-state index contributed by atoms with van der Waals surface area (Å²) in [5.74, 6) is 1.05. The molecule has 1 fully saturated rings. The number of ether oxygens (including phenoxy) is 3. The second kappa shape index (κ2) is 4.11. The number of methoxy groups -OCH3 is 1. The second-order valence-corrected chi connectivity index (χ2v) is 6.13. The van der Waals surface area contributed by atoms with E-state index >= 15 is 0 Å². The maximum absolute atomic E-state index is 12.2. The van der Waals surface area contributed by atoms with E-state index in [4.69, 9.17) is 14.2 Å². The molecule has 2 aliphatic heterocycles. The van der Waals surface area contributed by atoms with Crippen LogP contribution in [-0.4, -0.2) is 45.8 Å². The molecule has 0 aliphatic carbocycles. The van der Waals surface area contributed by atoms with E-state index in [-0.39, 0.29) is 17.8 Å². The molecule has 0 bridgehead atoms. The fourth-order valence-electron chi connectivity index (χ4n) is 1.93. The average Bonchev–Trinajstić information content (AvgIpc) is 2.73. The molecule has 2 heterocycles. The Morgan fingerprint density at radius 1 is 1.28 bits per heavy atom. The van der Waals surface area contributed by atoms with Crippen molar-refractivity contribution < 1.29 is 22.6 Å². The zero-order valence-corrected chi connectivity index (χ0v) is 10.6. The number of rotatable bonds is 3. The lowest BCUT2D eigenvalue weighted by atomic mass is 10.2. The van der Waals surface area contributed by atoms with Crippen LogP contribution in [0, 0.1) is 0 Å². The van der Waals surface area contributed by atoms with Gasteiger partial charge in [-0.1, -0.05) is 0 Å². The van der Waals surface area contributed by atoms with Crippen LogP contribution >= 0.6 is 0 Å². The molecular formula is C11H13NO5S. The predicted octanol–water partition coefficient (Wildman–Crippen LogP) is 0.435. The van der Waals surface area contributed by atoms with E-state index in [1.54, 1.807) is 13.2 Å². The second-order valence-electron chi connectivity index (χ2n) is 4.19. The van der Waals surface area contributed by atoms with Crippen molar-refractivity contribution in [2.45, 2.75) is 11.0 Å². The summed E-state index contributed by atoms with van der Waals surface area (Å²) in [6.45, 7) is 0.925. The summed E-state index contributed by atoms with van der Waals surface area (Å²) in [5.41, 5.74) is 0. The number of sulfonamides is 1. The van der Waals surface area contributed by atoms with Gasteiger partial charge in [-0.05, 0) is 12.1 Å². The first-order valence-electron chi connectivity index (χ1n) is 5.54. The lowest BCUT2D eigenvalue weighted by Gasteiger charge is -2.36. The quantitative estimate of drug-likeness (QED) is 0.798. The van der Waals surface area contributed by atoms with E-state index in [1.807, 2.05) is 0 Å². The molecule has 0 spiro atoms. The molecule has 2 aliphatic rings. The molecule has 1 aromatic rings. The Kier molecular flexibility index (Phi) is 2.69. The highest BCUT2D eigenvalue weighted by Crippen LogP contribution is 2.35. The van der Waals surface area contributed by atoms with Crippen LogP contribution in [0.15, 0.2) is 23.1 Å². The van der Waals surface area contributed by atoms with Gasteiger partial charge in [0, 0.05) is 26.3 Å². The van der Waals surface area contributed by atoms with Gasteiger partial charge in [0.05, 0.1) is 11.0 Å². The Balaban J connectivity index is 1.86. The Morgan fingerprint density at radius 3 is 2.72 bits per heavy atom. The minimum Gasteiger partial charge on any atom is -0.454 e. The summed E-state index contributed by atoms with van der Waals surface area (Å²) in [7, 11) is -1.87. The van der Waals surface area contributed by atoms with Crippen LogP contribution in [0.25, 0.3) is 0 Å². The Labute approximate surface area is 105 Å². The number of hydrogen-bond acceptors (Lipinski definition) is 5. The van der Waals surface area contributed by atoms with Crippen LogP contribution in [-0.2, 0) is 14.8 Å². The third kappa shape index (κ3) is 1.75. The molecule has 1 saturated heterocycles. The monoisotopic (exact) mass is 271 g/mol. The summed E-state index contributed by atoms with van der Waals surface area (Å²) in [6, 6.07) is 4.64. The van der Waals surface area contributed by atoms with Crippen molar-refractivity contribution >= 4 is 10.0 Å². The third-order valence-electron chi connectivity index (χ3n) is 3.13. The molecule has 98 valence electrons. The van der Waals surface area contributed by atoms with E-state index in [9.17, 15) is 8.42 Å². The maximum atomic E-state index is 12.2. The highest BCUT2D eigenvalue weighted by atomic mass is 32.2. The van der Waals surface area contributed by atoms with Gasteiger partial charge in [0.2, 0.25) is 16.8 Å². The van der Waals surface area contributed by atoms with Crippen LogP contribution in [0.3, 0.4) is 0 Å². The van der Waals surface area contributed by atoms with Crippen LogP contribution in [0.2, 0.25) is 0 Å². The Hall–Kier alpha value is -1.31. The smallest absolute Gasteiger partial charge is 0.243 e. The summed E-state index contributed by atoms with van der Waals surface area (Å²) < 4.78 is 41.3. The van der Waals surface area contributed by atoms with Crippen molar-refractivity contribution in [3.05, 3.63) is 18.2 Å². The van der Waals surface area contributed by atoms with E-state index in [2.05, 4.69) is 0 Å². The van der Waals surface area contributed by atoms with E-state index in [0.29, 0.717) is 24.6 Å². The average molecular weight is 271 g/mol. The fourth-order valence-corrected chi connectivity index (χ4v) is 3.45. The molecule has 0 atom stereocenters. The largest absolute Gasteiger partial charge is 0.454 e. The van der Waals surface area contributed by atoms with Gasteiger partial charge in [0.25, 0.3) is 0 Å². The Morgan fingerprint density at radius 2 is 2.00 bits per heavy atom. The van der Waals surface area contributed by atoms with Crippen LogP contribution in [0.5, 0.6) is 11.5 Å². The van der Waals surface area contributed by atoms with Crippen LogP contribution < -0.4 is 9.47 Å². The van der Waals surface area contributed by atoms with Crippen molar-refractivity contribution in [2.75, 3.05) is 27.0 Å². The molecule has 7 heteroatoms. The Bertz CT molecular complexity index is 565. The van der Waals surface area contributed by atoms with Gasteiger partial charge in [0.1, 0.15) is 0 Å². The number of hydrogen-bond donors (Lipinski definition) is 0. The van der Waals surface area contributed by atoms with Crippen molar-refractivity contribution in [3.63, 3.8) is 0 Å². The summed E-state index contributed by atoms with van der Waals surface area (Å²) >= 11 is 0. The van der Waals surface area contributed by atoms with Gasteiger partial charge in [-0.3, -0.25) is 0 Å². The van der Waals surface area contributed by atoms with Crippen molar-refractivity contribution in [1.29, 1.82) is 0 Å². The van der Waals surface area contributed by atoms with Crippen molar-refractivity contribution in [1.82, 2.24) is 4.31 Å². The van der Waals surface area contributed by atoms with Gasteiger partial charge >= 0.3 is 0 Å². The summed E-state index contributed by atoms with van der Waals surface area (Å²) in [5, 5.41) is 0. The number of nitrogens with zero attached hydrogens (tertiary/aromatic N) is 1. The van der Waals surface area contributed by atoms with Crippen LogP contribution in [0.1, 0.15) is 0 Å². The molecule has 0 saturated carbocycles. The lowest BCUT2D eigenvalue weighted by Crippen LogP contribution is -2.54. The molecule has 0 aromatic heterocycles. The zero-order valence-electron chi connectivity index (χ0n) is 9.83. The molecule has 1 aromatic carbocycles. The fraction of sp³-hybridized carbons (Fsp3) is 0.455. The molecule has 3 rings (SSSR count). The van der Waals surface area contributed by atoms with Crippen molar-refractivity contribution in [3.8, 4) is 11.5 Å². The first-order valence-corrected chi connectivity index (χ1v) is 6.98. The minimum absolute atomic E-state index is 0.00575. The van der Waals surface area contributed by atoms with Gasteiger partial charge in [0.15, 0.2) is 11.5 Å². The molecule has 0 N–H and O–H groups in total. The first kappa shape index (κ1) is 11.8. The predicted molar refractivity (Wildman–Crippen MR) is 62.1 cm³/mol. The number of fused-ring (bicyclic) bond motifs is 1. The highest BCUT2D eigenvalue weighted by Gasteiger charge is 2.37. The third-order valence-corrected chi connectivity index (χ3v) is 4.96. The summed E-state index contributed by atoms with van der Waals surface area (Å²) in [6.07, 6.45) is -0.00575.